The van der Waals surface area contributed by atoms with Crippen LogP contribution in [-0.4, -0.2) is 71.4 Å². The van der Waals surface area contributed by atoms with Crippen LogP contribution >= 0.6 is 0 Å². The van der Waals surface area contributed by atoms with E-state index < -0.39 is 0 Å². The SMILES string of the molecule is CCCCN(C)c1cnc(C(=O)N2CCN(C(=O)c3ccco3)CC2)cn1. The van der Waals surface area contributed by atoms with Crippen LogP contribution in [0.2, 0.25) is 0 Å². The van der Waals surface area contributed by atoms with Crippen LogP contribution in [0.3, 0.4) is 0 Å². The number of unbranched alkanes of at least 4 members (excludes halogenated alkanes) is 1. The highest BCUT2D eigenvalue weighted by molar-refractivity contribution is 5.93. The number of aromatic nitrogens is 2. The normalized spacial score (nSPS) is 14.3. The van der Waals surface area contributed by atoms with Gasteiger partial charge in [-0.2, -0.15) is 0 Å². The fourth-order valence-electron chi connectivity index (χ4n) is 2.97. The van der Waals surface area contributed by atoms with Gasteiger partial charge in [-0.05, 0) is 18.6 Å². The minimum absolute atomic E-state index is 0.147. The van der Waals surface area contributed by atoms with Crippen LogP contribution in [0.25, 0.3) is 0 Å². The van der Waals surface area contributed by atoms with Crippen LogP contribution < -0.4 is 4.90 Å². The number of piperazine rings is 1. The minimum Gasteiger partial charge on any atom is -0.459 e. The minimum atomic E-state index is -0.157. The summed E-state index contributed by atoms with van der Waals surface area (Å²) in [6, 6.07) is 3.34. The van der Waals surface area contributed by atoms with Crippen molar-refractivity contribution < 1.29 is 14.0 Å². The molecule has 1 fully saturated rings. The first-order valence-corrected chi connectivity index (χ1v) is 9.25. The third kappa shape index (κ3) is 4.45. The van der Waals surface area contributed by atoms with Crippen LogP contribution in [0.1, 0.15) is 40.8 Å². The van der Waals surface area contributed by atoms with E-state index >= 15 is 0 Å². The molecule has 0 aliphatic carbocycles. The lowest BCUT2D eigenvalue weighted by atomic mass is 10.2. The fourth-order valence-corrected chi connectivity index (χ4v) is 2.97. The topological polar surface area (TPSA) is 82.8 Å². The molecule has 0 aromatic carbocycles. The summed E-state index contributed by atoms with van der Waals surface area (Å²) in [5, 5.41) is 0. The molecule has 0 radical (unpaired) electrons. The summed E-state index contributed by atoms with van der Waals surface area (Å²) in [5.74, 6) is 0.777. The summed E-state index contributed by atoms with van der Waals surface area (Å²) in [6.45, 7) is 4.91. The second kappa shape index (κ2) is 8.66. The highest BCUT2D eigenvalue weighted by Crippen LogP contribution is 2.13. The van der Waals surface area contributed by atoms with Gasteiger partial charge < -0.3 is 19.1 Å². The molecule has 8 heteroatoms. The van der Waals surface area contributed by atoms with Gasteiger partial charge in [0, 0.05) is 39.8 Å². The highest BCUT2D eigenvalue weighted by atomic mass is 16.3. The number of rotatable bonds is 6. The maximum absolute atomic E-state index is 12.6. The van der Waals surface area contributed by atoms with Crippen molar-refractivity contribution in [1.82, 2.24) is 19.8 Å². The summed E-state index contributed by atoms with van der Waals surface area (Å²) in [7, 11) is 1.97. The largest absolute Gasteiger partial charge is 0.459 e. The maximum Gasteiger partial charge on any atom is 0.289 e. The van der Waals surface area contributed by atoms with Crippen molar-refractivity contribution in [3.8, 4) is 0 Å². The zero-order chi connectivity index (χ0) is 19.2. The fraction of sp³-hybridized carbons (Fsp3) is 0.474. The predicted octanol–water partition coefficient (Wildman–Crippen LogP) is 1.90. The van der Waals surface area contributed by atoms with Gasteiger partial charge >= 0.3 is 0 Å². The Hall–Kier alpha value is -2.90. The lowest BCUT2D eigenvalue weighted by molar-refractivity contribution is 0.0515. The van der Waals surface area contributed by atoms with Crippen molar-refractivity contribution >= 4 is 17.6 Å². The molecule has 1 saturated heterocycles. The van der Waals surface area contributed by atoms with E-state index in [9.17, 15) is 9.59 Å². The monoisotopic (exact) mass is 371 g/mol. The number of carbonyl (C=O) groups is 2. The molecule has 1 aliphatic rings. The van der Waals surface area contributed by atoms with Crippen LogP contribution in [0.15, 0.2) is 35.2 Å². The smallest absolute Gasteiger partial charge is 0.289 e. The molecule has 1 aliphatic heterocycles. The average molecular weight is 371 g/mol. The first-order chi connectivity index (χ1) is 13.1. The first kappa shape index (κ1) is 18.9. The van der Waals surface area contributed by atoms with E-state index in [1.54, 1.807) is 28.1 Å². The molecule has 0 saturated carbocycles. The van der Waals surface area contributed by atoms with E-state index in [2.05, 4.69) is 16.9 Å². The molecule has 0 atom stereocenters. The maximum atomic E-state index is 12.6. The molecule has 0 unspecified atom stereocenters. The van der Waals surface area contributed by atoms with Crippen LogP contribution in [0.5, 0.6) is 0 Å². The molecular weight excluding hydrogens is 346 g/mol. The first-order valence-electron chi connectivity index (χ1n) is 9.25. The van der Waals surface area contributed by atoms with Crippen LogP contribution in [-0.2, 0) is 0 Å². The van der Waals surface area contributed by atoms with Gasteiger partial charge in [-0.3, -0.25) is 9.59 Å². The molecule has 3 heterocycles. The number of nitrogens with zero attached hydrogens (tertiary/aromatic N) is 5. The van der Waals surface area contributed by atoms with Crippen molar-refractivity contribution in [2.24, 2.45) is 0 Å². The van der Waals surface area contributed by atoms with Gasteiger partial charge in [0.25, 0.3) is 11.8 Å². The molecule has 8 nitrogen and oxygen atoms in total. The number of hydrogen-bond donors (Lipinski definition) is 0. The second-order valence-corrected chi connectivity index (χ2v) is 6.60. The average Bonchev–Trinajstić information content (AvgIpc) is 3.26. The molecule has 0 bridgehead atoms. The number of amides is 2. The summed E-state index contributed by atoms with van der Waals surface area (Å²) < 4.78 is 5.15. The van der Waals surface area contributed by atoms with Crippen molar-refractivity contribution in [3.63, 3.8) is 0 Å². The molecule has 0 N–H and O–H groups in total. The number of hydrogen-bond acceptors (Lipinski definition) is 6. The molecule has 2 aromatic heterocycles. The van der Waals surface area contributed by atoms with Gasteiger partial charge in [-0.1, -0.05) is 13.3 Å². The Morgan fingerprint density at radius 1 is 1.11 bits per heavy atom. The summed E-state index contributed by atoms with van der Waals surface area (Å²) in [5.41, 5.74) is 0.327. The van der Waals surface area contributed by atoms with Crippen molar-refractivity contribution in [2.45, 2.75) is 19.8 Å². The predicted molar refractivity (Wildman–Crippen MR) is 101 cm³/mol. The molecular formula is C19H25N5O3. The Labute approximate surface area is 158 Å². The van der Waals surface area contributed by atoms with E-state index in [4.69, 9.17) is 4.42 Å². The van der Waals surface area contributed by atoms with Crippen molar-refractivity contribution in [2.75, 3.05) is 44.7 Å². The molecule has 2 aromatic rings. The van der Waals surface area contributed by atoms with E-state index in [0.717, 1.165) is 25.2 Å². The highest BCUT2D eigenvalue weighted by Gasteiger charge is 2.27. The Morgan fingerprint density at radius 2 is 1.81 bits per heavy atom. The standard InChI is InChI=1S/C19H25N5O3/c1-3-4-7-22(2)17-14-20-15(13-21-17)18(25)23-8-10-24(11-9-23)19(26)16-6-5-12-27-16/h5-6,12-14H,3-4,7-11H2,1-2H3. The van der Waals surface area contributed by atoms with E-state index in [1.165, 1.54) is 12.5 Å². The Morgan fingerprint density at radius 3 is 2.37 bits per heavy atom. The van der Waals surface area contributed by atoms with Gasteiger partial charge in [0.2, 0.25) is 0 Å². The second-order valence-electron chi connectivity index (χ2n) is 6.60. The number of anilines is 1. The summed E-state index contributed by atoms with van der Waals surface area (Å²) in [4.78, 5) is 39.0. The van der Waals surface area contributed by atoms with Gasteiger partial charge in [0.05, 0.1) is 18.7 Å². The third-order valence-electron chi connectivity index (χ3n) is 4.68. The van der Waals surface area contributed by atoms with E-state index in [-0.39, 0.29) is 11.8 Å². The number of carbonyl (C=O) groups excluding carboxylic acids is 2. The zero-order valence-electron chi connectivity index (χ0n) is 15.8. The van der Waals surface area contributed by atoms with Crippen molar-refractivity contribution in [3.05, 3.63) is 42.2 Å². The Kier molecular flexibility index (Phi) is 6.05. The zero-order valence-corrected chi connectivity index (χ0v) is 15.8. The van der Waals surface area contributed by atoms with Gasteiger partial charge in [-0.25, -0.2) is 9.97 Å². The summed E-state index contributed by atoms with van der Waals surface area (Å²) >= 11 is 0. The van der Waals surface area contributed by atoms with E-state index in [0.29, 0.717) is 37.6 Å². The van der Waals surface area contributed by atoms with Gasteiger partial charge in [-0.15, -0.1) is 0 Å². The molecule has 3 rings (SSSR count). The summed E-state index contributed by atoms with van der Waals surface area (Å²) in [6.07, 6.45) is 6.84. The van der Waals surface area contributed by atoms with Crippen LogP contribution in [0, 0.1) is 0 Å². The molecule has 2 amide bonds. The third-order valence-corrected chi connectivity index (χ3v) is 4.68. The van der Waals surface area contributed by atoms with Crippen LogP contribution in [0.4, 0.5) is 5.82 Å². The Balaban J connectivity index is 1.55. The number of furan rings is 1. The lowest BCUT2D eigenvalue weighted by Crippen LogP contribution is -2.50. The quantitative estimate of drug-likeness (QED) is 0.771. The van der Waals surface area contributed by atoms with Crippen molar-refractivity contribution in [1.29, 1.82) is 0 Å². The molecule has 0 spiro atoms. The van der Waals surface area contributed by atoms with E-state index in [1.807, 2.05) is 11.9 Å². The van der Waals surface area contributed by atoms with Gasteiger partial charge in [0.15, 0.2) is 5.76 Å². The van der Waals surface area contributed by atoms with Gasteiger partial charge in [0.1, 0.15) is 11.5 Å². The molecule has 27 heavy (non-hydrogen) atoms. The lowest BCUT2D eigenvalue weighted by Gasteiger charge is -2.34. The Bertz CT molecular complexity index is 752. The molecule has 144 valence electrons.